The van der Waals surface area contributed by atoms with Crippen LogP contribution in [0.25, 0.3) is 0 Å². The molecule has 1 aliphatic carbocycles. The summed E-state index contributed by atoms with van der Waals surface area (Å²) in [7, 11) is 5.66. The lowest BCUT2D eigenvalue weighted by Gasteiger charge is -1.98. The summed E-state index contributed by atoms with van der Waals surface area (Å²) in [6, 6.07) is 1.81. The molecule has 1 aromatic rings. The Bertz CT molecular complexity index is 245. The normalized spacial score (nSPS) is 17.2. The van der Waals surface area contributed by atoms with Gasteiger partial charge in [-0.2, -0.15) is 10.2 Å². The maximum atomic E-state index is 5.66. The molecule has 0 spiro atoms. The molecule has 10 heavy (non-hydrogen) atoms. The van der Waals surface area contributed by atoms with Crippen molar-refractivity contribution in [3.63, 3.8) is 0 Å². The zero-order valence-electron chi connectivity index (χ0n) is 5.62. The van der Waals surface area contributed by atoms with Crippen LogP contribution in [0.5, 0.6) is 0 Å². The summed E-state index contributed by atoms with van der Waals surface area (Å²) >= 11 is 0. The van der Waals surface area contributed by atoms with Crippen LogP contribution in [0.4, 0.5) is 0 Å². The lowest BCUT2D eigenvalue weighted by Crippen LogP contribution is -2.12. The van der Waals surface area contributed by atoms with Gasteiger partial charge in [0.05, 0.1) is 5.69 Å². The molecule has 2 radical (unpaired) electrons. The third kappa shape index (κ3) is 0.918. The van der Waals surface area contributed by atoms with E-state index in [2.05, 4.69) is 10.2 Å². The maximum Gasteiger partial charge on any atom is 0.116 e. The van der Waals surface area contributed by atoms with E-state index < -0.39 is 0 Å². The minimum Gasteiger partial charge on any atom is -0.159 e. The summed E-state index contributed by atoms with van der Waals surface area (Å²) in [5, 5.41) is 7.74. The summed E-state index contributed by atoms with van der Waals surface area (Å²) in [5.74, 6) is 0.605. The van der Waals surface area contributed by atoms with E-state index in [-0.39, 0.29) is 0 Å². The highest BCUT2D eigenvalue weighted by atomic mass is 15.1. The highest BCUT2D eigenvalue weighted by Gasteiger charge is 2.26. The van der Waals surface area contributed by atoms with Gasteiger partial charge in [-0.1, -0.05) is 5.46 Å². The second-order valence-corrected chi connectivity index (χ2v) is 2.65. The van der Waals surface area contributed by atoms with E-state index in [0.717, 1.165) is 11.2 Å². The van der Waals surface area contributed by atoms with Gasteiger partial charge in [-0.25, -0.2) is 0 Å². The second kappa shape index (κ2) is 2.08. The Balaban J connectivity index is 2.39. The van der Waals surface area contributed by atoms with E-state index in [1.807, 2.05) is 0 Å². The zero-order valence-corrected chi connectivity index (χ0v) is 5.62. The predicted molar refractivity (Wildman–Crippen MR) is 39.4 cm³/mol. The molecule has 48 valence electrons. The SMILES string of the molecule is [B]c1ccnnc1C1CC1. The van der Waals surface area contributed by atoms with Gasteiger partial charge in [0.25, 0.3) is 0 Å². The van der Waals surface area contributed by atoms with Crippen molar-refractivity contribution in [1.82, 2.24) is 10.2 Å². The number of aromatic nitrogens is 2. The van der Waals surface area contributed by atoms with Gasteiger partial charge in [-0.15, -0.1) is 0 Å². The van der Waals surface area contributed by atoms with Crippen LogP contribution in [0.2, 0.25) is 0 Å². The van der Waals surface area contributed by atoms with Crippen LogP contribution in [-0.2, 0) is 0 Å². The molecule has 1 aliphatic rings. The molecule has 0 aliphatic heterocycles. The molecule has 0 saturated heterocycles. The zero-order chi connectivity index (χ0) is 6.97. The predicted octanol–water partition coefficient (Wildman–Crippen LogP) is 0.148. The molecule has 0 atom stereocenters. The minimum atomic E-state index is 0.605. The molecule has 1 saturated carbocycles. The standard InChI is InChI=1S/C7H7BN2/c8-6-3-4-9-10-7(6)5-1-2-5/h3-5H,1-2H2. The second-order valence-electron chi connectivity index (χ2n) is 2.65. The molecule has 2 nitrogen and oxygen atoms in total. The fourth-order valence-electron chi connectivity index (χ4n) is 1.03. The van der Waals surface area contributed by atoms with Crippen LogP contribution in [0.1, 0.15) is 24.5 Å². The monoisotopic (exact) mass is 130 g/mol. The topological polar surface area (TPSA) is 25.8 Å². The van der Waals surface area contributed by atoms with E-state index >= 15 is 0 Å². The fourth-order valence-corrected chi connectivity index (χ4v) is 1.03. The van der Waals surface area contributed by atoms with Crippen LogP contribution < -0.4 is 5.46 Å². The van der Waals surface area contributed by atoms with Gasteiger partial charge in [-0.3, -0.25) is 0 Å². The van der Waals surface area contributed by atoms with E-state index in [9.17, 15) is 0 Å². The van der Waals surface area contributed by atoms with Crippen LogP contribution in [0, 0.1) is 0 Å². The van der Waals surface area contributed by atoms with E-state index in [0.29, 0.717) is 5.92 Å². The van der Waals surface area contributed by atoms with Gasteiger partial charge in [0.1, 0.15) is 7.85 Å². The molecule has 0 bridgehead atoms. The summed E-state index contributed by atoms with van der Waals surface area (Å²) in [6.07, 6.45) is 4.08. The van der Waals surface area contributed by atoms with E-state index in [1.54, 1.807) is 12.3 Å². The summed E-state index contributed by atoms with van der Waals surface area (Å²) in [4.78, 5) is 0. The Morgan fingerprint density at radius 3 is 2.90 bits per heavy atom. The Morgan fingerprint density at radius 2 is 2.30 bits per heavy atom. The number of hydrogen-bond donors (Lipinski definition) is 0. The van der Waals surface area contributed by atoms with Crippen molar-refractivity contribution in [2.75, 3.05) is 0 Å². The largest absolute Gasteiger partial charge is 0.159 e. The summed E-state index contributed by atoms with van der Waals surface area (Å²) in [5.41, 5.74) is 1.78. The van der Waals surface area contributed by atoms with Crippen molar-refractivity contribution in [3.8, 4) is 0 Å². The van der Waals surface area contributed by atoms with Crippen molar-refractivity contribution in [3.05, 3.63) is 18.0 Å². The molecule has 1 heterocycles. The maximum absolute atomic E-state index is 5.66. The number of rotatable bonds is 1. The third-order valence-corrected chi connectivity index (χ3v) is 1.75. The minimum absolute atomic E-state index is 0.605. The van der Waals surface area contributed by atoms with Gasteiger partial charge < -0.3 is 0 Å². The van der Waals surface area contributed by atoms with Crippen molar-refractivity contribution in [2.24, 2.45) is 0 Å². The lowest BCUT2D eigenvalue weighted by atomic mass is 9.93. The molecule has 0 aromatic carbocycles. The van der Waals surface area contributed by atoms with Crippen LogP contribution in [-0.4, -0.2) is 18.0 Å². The highest BCUT2D eigenvalue weighted by molar-refractivity contribution is 6.33. The Hall–Kier alpha value is -0.855. The van der Waals surface area contributed by atoms with Gasteiger partial charge in [-0.05, 0) is 18.9 Å². The van der Waals surface area contributed by atoms with Crippen LogP contribution >= 0.6 is 0 Å². The fraction of sp³-hybridized carbons (Fsp3) is 0.429. The number of hydrogen-bond acceptors (Lipinski definition) is 2. The molecule has 2 rings (SSSR count). The van der Waals surface area contributed by atoms with Crippen molar-refractivity contribution < 1.29 is 0 Å². The van der Waals surface area contributed by atoms with Crippen molar-refractivity contribution in [2.45, 2.75) is 18.8 Å². The Labute approximate surface area is 61.1 Å². The first-order valence-corrected chi connectivity index (χ1v) is 3.45. The van der Waals surface area contributed by atoms with Crippen molar-refractivity contribution in [1.29, 1.82) is 0 Å². The molecule has 3 heteroatoms. The molecule has 1 fully saturated rings. The highest BCUT2D eigenvalue weighted by Crippen LogP contribution is 2.37. The summed E-state index contributed by atoms with van der Waals surface area (Å²) in [6.45, 7) is 0. The molecular formula is C7H7BN2. The van der Waals surface area contributed by atoms with Gasteiger partial charge in [0, 0.05) is 12.1 Å². The van der Waals surface area contributed by atoms with Gasteiger partial charge in [0.15, 0.2) is 0 Å². The van der Waals surface area contributed by atoms with Gasteiger partial charge in [0.2, 0.25) is 0 Å². The van der Waals surface area contributed by atoms with Crippen LogP contribution in [0.3, 0.4) is 0 Å². The number of nitrogens with zero attached hydrogens (tertiary/aromatic N) is 2. The first kappa shape index (κ1) is 5.89. The van der Waals surface area contributed by atoms with Gasteiger partial charge >= 0.3 is 0 Å². The molecule has 0 unspecified atom stereocenters. The quantitative estimate of drug-likeness (QED) is 0.505. The summed E-state index contributed by atoms with van der Waals surface area (Å²) < 4.78 is 0. The first-order chi connectivity index (χ1) is 4.88. The first-order valence-electron chi connectivity index (χ1n) is 3.45. The van der Waals surface area contributed by atoms with Crippen LogP contribution in [0.15, 0.2) is 12.3 Å². The average Bonchev–Trinajstić information content (AvgIpc) is 2.71. The molecule has 1 aromatic heterocycles. The van der Waals surface area contributed by atoms with E-state index in [1.165, 1.54) is 12.8 Å². The smallest absolute Gasteiger partial charge is 0.116 e. The Morgan fingerprint density at radius 1 is 1.50 bits per heavy atom. The molecule has 0 amide bonds. The Kier molecular flexibility index (Phi) is 1.23. The lowest BCUT2D eigenvalue weighted by molar-refractivity contribution is 0.922. The molecular weight excluding hydrogens is 123 g/mol. The average molecular weight is 130 g/mol. The third-order valence-electron chi connectivity index (χ3n) is 1.75. The van der Waals surface area contributed by atoms with Crippen molar-refractivity contribution >= 4 is 13.3 Å². The molecule has 0 N–H and O–H groups in total. The van der Waals surface area contributed by atoms with E-state index in [4.69, 9.17) is 7.85 Å².